The predicted octanol–water partition coefficient (Wildman–Crippen LogP) is 1.23. The molecule has 0 aromatic heterocycles. The van der Waals surface area contributed by atoms with Crippen molar-refractivity contribution in [3.63, 3.8) is 0 Å². The summed E-state index contributed by atoms with van der Waals surface area (Å²) < 4.78 is 36.1. The Morgan fingerprint density at radius 3 is 2.77 bits per heavy atom. The van der Waals surface area contributed by atoms with Gasteiger partial charge in [-0.1, -0.05) is 6.07 Å². The first-order valence-electron chi connectivity index (χ1n) is 9.03. The number of hydrogen-bond acceptors (Lipinski definition) is 5. The second-order valence-corrected chi connectivity index (χ2v) is 9.39. The lowest BCUT2D eigenvalue weighted by molar-refractivity contribution is -0.135. The molecule has 0 radical (unpaired) electrons. The number of rotatable bonds is 4. The standard InChI is InChI=1S/C18H24N2O5S/c1-26(22,23)19-9-14-2-5-15(11-19)20(10-14)18(21)7-4-13-3-6-16-17(8-13)25-12-24-16/h3,6,8,14-15H,2,4-5,7,9-12H2,1H3/t14-,15+/m0/s1. The van der Waals surface area contributed by atoms with Gasteiger partial charge in [-0.3, -0.25) is 4.79 Å². The van der Waals surface area contributed by atoms with Gasteiger partial charge in [-0.05, 0) is 42.9 Å². The summed E-state index contributed by atoms with van der Waals surface area (Å²) in [7, 11) is -3.22. The highest BCUT2D eigenvalue weighted by Crippen LogP contribution is 2.33. The van der Waals surface area contributed by atoms with E-state index in [1.807, 2.05) is 23.1 Å². The van der Waals surface area contributed by atoms with Gasteiger partial charge in [0.25, 0.3) is 0 Å². The van der Waals surface area contributed by atoms with Gasteiger partial charge in [0.2, 0.25) is 22.7 Å². The third-order valence-electron chi connectivity index (χ3n) is 5.53. The minimum atomic E-state index is -3.22. The van der Waals surface area contributed by atoms with Crippen LogP contribution in [0, 0.1) is 5.92 Å². The largest absolute Gasteiger partial charge is 0.454 e. The summed E-state index contributed by atoms with van der Waals surface area (Å²) in [6.07, 6.45) is 4.18. The van der Waals surface area contributed by atoms with Gasteiger partial charge in [0.05, 0.1) is 6.26 Å². The van der Waals surface area contributed by atoms with Crippen molar-refractivity contribution < 1.29 is 22.7 Å². The number of ether oxygens (including phenoxy) is 2. The van der Waals surface area contributed by atoms with Gasteiger partial charge in [-0.2, -0.15) is 4.31 Å². The molecule has 1 amide bonds. The van der Waals surface area contributed by atoms with Crippen molar-refractivity contribution in [2.24, 2.45) is 5.92 Å². The minimum Gasteiger partial charge on any atom is -0.454 e. The van der Waals surface area contributed by atoms with Crippen LogP contribution in [0.3, 0.4) is 0 Å². The van der Waals surface area contributed by atoms with Gasteiger partial charge in [-0.25, -0.2) is 8.42 Å². The Bertz CT molecular complexity index is 810. The molecule has 142 valence electrons. The molecule has 1 aromatic rings. The van der Waals surface area contributed by atoms with Crippen LogP contribution in [0.15, 0.2) is 18.2 Å². The fourth-order valence-electron chi connectivity index (χ4n) is 4.11. The summed E-state index contributed by atoms with van der Waals surface area (Å²) in [5, 5.41) is 0. The fraction of sp³-hybridized carbons (Fsp3) is 0.611. The van der Waals surface area contributed by atoms with Crippen LogP contribution >= 0.6 is 0 Å². The lowest BCUT2D eigenvalue weighted by Crippen LogP contribution is -2.47. The molecule has 3 saturated heterocycles. The van der Waals surface area contributed by atoms with Crippen molar-refractivity contribution in [1.82, 2.24) is 9.21 Å². The summed E-state index contributed by atoms with van der Waals surface area (Å²) in [6.45, 7) is 1.86. The number of carbonyl (C=O) groups excluding carboxylic acids is 1. The van der Waals surface area contributed by atoms with E-state index in [1.165, 1.54) is 6.26 Å². The van der Waals surface area contributed by atoms with Gasteiger partial charge in [-0.15, -0.1) is 0 Å². The Hall–Kier alpha value is -1.80. The number of nitrogens with zero attached hydrogens (tertiary/aromatic N) is 2. The Balaban J connectivity index is 1.40. The molecule has 0 N–H and O–H groups in total. The van der Waals surface area contributed by atoms with Crippen LogP contribution in [-0.4, -0.2) is 62.3 Å². The van der Waals surface area contributed by atoms with E-state index in [2.05, 4.69) is 0 Å². The molecule has 5 rings (SSSR count). The van der Waals surface area contributed by atoms with Crippen LogP contribution in [0.5, 0.6) is 11.5 Å². The third-order valence-corrected chi connectivity index (χ3v) is 6.77. The molecular weight excluding hydrogens is 356 g/mol. The average Bonchev–Trinajstić information content (AvgIpc) is 2.85. The maximum absolute atomic E-state index is 12.8. The summed E-state index contributed by atoms with van der Waals surface area (Å²) in [4.78, 5) is 14.7. The van der Waals surface area contributed by atoms with Gasteiger partial charge < -0.3 is 14.4 Å². The zero-order valence-electron chi connectivity index (χ0n) is 14.9. The van der Waals surface area contributed by atoms with Crippen molar-refractivity contribution >= 4 is 15.9 Å². The van der Waals surface area contributed by atoms with E-state index in [0.29, 0.717) is 32.5 Å². The molecule has 26 heavy (non-hydrogen) atoms. The van der Waals surface area contributed by atoms with Crippen LogP contribution in [0.25, 0.3) is 0 Å². The molecule has 0 unspecified atom stereocenters. The van der Waals surface area contributed by atoms with E-state index >= 15 is 0 Å². The summed E-state index contributed by atoms with van der Waals surface area (Å²) in [6, 6.07) is 5.75. The maximum Gasteiger partial charge on any atom is 0.231 e. The number of sulfonamides is 1. The number of hydrogen-bond donors (Lipinski definition) is 0. The number of aryl methyl sites for hydroxylation is 1. The SMILES string of the molecule is CS(=O)(=O)N1C[C@@H]2CC[C@H](C1)N(C(=O)CCc1ccc3c(c1)OCO3)C2. The molecule has 2 bridgehead atoms. The molecule has 0 spiro atoms. The zero-order valence-corrected chi connectivity index (χ0v) is 15.7. The third kappa shape index (κ3) is 3.53. The summed E-state index contributed by atoms with van der Waals surface area (Å²) >= 11 is 0. The van der Waals surface area contributed by atoms with Crippen LogP contribution in [0.1, 0.15) is 24.8 Å². The molecule has 7 nitrogen and oxygen atoms in total. The number of carbonyl (C=O) groups is 1. The van der Waals surface area contributed by atoms with Gasteiger partial charge >= 0.3 is 0 Å². The van der Waals surface area contributed by atoms with Crippen LogP contribution in [0.4, 0.5) is 0 Å². The monoisotopic (exact) mass is 380 g/mol. The quantitative estimate of drug-likeness (QED) is 0.785. The molecule has 0 saturated carbocycles. The number of fused-ring (bicyclic) bond motifs is 5. The van der Waals surface area contributed by atoms with Gasteiger partial charge in [0.1, 0.15) is 0 Å². The highest BCUT2D eigenvalue weighted by molar-refractivity contribution is 7.88. The zero-order chi connectivity index (χ0) is 18.3. The summed E-state index contributed by atoms with van der Waals surface area (Å²) in [5.74, 6) is 1.81. The smallest absolute Gasteiger partial charge is 0.231 e. The van der Waals surface area contributed by atoms with Crippen molar-refractivity contribution in [3.8, 4) is 11.5 Å². The van der Waals surface area contributed by atoms with Crippen molar-refractivity contribution in [3.05, 3.63) is 23.8 Å². The van der Waals surface area contributed by atoms with Gasteiger partial charge in [0, 0.05) is 32.1 Å². The number of amides is 1. The molecule has 8 heteroatoms. The maximum atomic E-state index is 12.8. The number of benzene rings is 1. The predicted molar refractivity (Wildman–Crippen MR) is 95.5 cm³/mol. The summed E-state index contributed by atoms with van der Waals surface area (Å²) in [5.41, 5.74) is 1.04. The molecule has 3 fully saturated rings. The van der Waals surface area contributed by atoms with Crippen LogP contribution in [-0.2, 0) is 21.2 Å². The van der Waals surface area contributed by atoms with Gasteiger partial charge in [0.15, 0.2) is 11.5 Å². The van der Waals surface area contributed by atoms with E-state index in [0.717, 1.165) is 29.9 Å². The van der Waals surface area contributed by atoms with E-state index in [1.54, 1.807) is 4.31 Å². The van der Waals surface area contributed by atoms with E-state index in [-0.39, 0.29) is 24.7 Å². The Labute approximate surface area is 153 Å². The number of piperidine rings is 1. The Kier molecular flexibility index (Phi) is 4.56. The van der Waals surface area contributed by atoms with E-state index < -0.39 is 10.0 Å². The van der Waals surface area contributed by atoms with Crippen molar-refractivity contribution in [2.75, 3.05) is 32.7 Å². The topological polar surface area (TPSA) is 76.2 Å². The minimum absolute atomic E-state index is 0.00673. The highest BCUT2D eigenvalue weighted by atomic mass is 32.2. The second kappa shape index (κ2) is 6.74. The van der Waals surface area contributed by atoms with Crippen molar-refractivity contribution in [2.45, 2.75) is 31.7 Å². The molecule has 1 aromatic carbocycles. The van der Waals surface area contributed by atoms with Crippen LogP contribution < -0.4 is 9.47 Å². The first kappa shape index (κ1) is 17.6. The molecular formula is C18H24N2O5S. The molecule has 2 atom stereocenters. The molecule has 4 aliphatic heterocycles. The lowest BCUT2D eigenvalue weighted by Gasteiger charge is -2.36. The highest BCUT2D eigenvalue weighted by Gasteiger charge is 2.39. The van der Waals surface area contributed by atoms with Crippen molar-refractivity contribution in [1.29, 1.82) is 0 Å². The first-order chi connectivity index (χ1) is 12.4. The Morgan fingerprint density at radius 1 is 1.15 bits per heavy atom. The molecule has 0 aliphatic carbocycles. The van der Waals surface area contributed by atoms with Crippen LogP contribution in [0.2, 0.25) is 0 Å². The lowest BCUT2D eigenvalue weighted by atomic mass is 9.94. The average molecular weight is 380 g/mol. The fourth-order valence-corrected chi connectivity index (χ4v) is 5.03. The molecule has 4 aliphatic rings. The van der Waals surface area contributed by atoms with E-state index in [4.69, 9.17) is 9.47 Å². The second-order valence-electron chi connectivity index (χ2n) is 7.41. The Morgan fingerprint density at radius 2 is 1.96 bits per heavy atom. The normalized spacial score (nSPS) is 25.3. The molecule has 4 heterocycles. The first-order valence-corrected chi connectivity index (χ1v) is 10.9. The van der Waals surface area contributed by atoms with E-state index in [9.17, 15) is 13.2 Å².